The van der Waals surface area contributed by atoms with E-state index < -0.39 is 0 Å². The molecule has 4 heteroatoms. The molecule has 0 unspecified atom stereocenters. The Morgan fingerprint density at radius 2 is 0.804 bits per heavy atom. The van der Waals surface area contributed by atoms with E-state index in [9.17, 15) is 0 Å². The van der Waals surface area contributed by atoms with Gasteiger partial charge in [-0.3, -0.25) is 4.98 Å². The van der Waals surface area contributed by atoms with E-state index in [-0.39, 0.29) is 11.8 Å². The molecule has 2 aliphatic rings. The first-order chi connectivity index (χ1) is 27.6. The molecule has 2 aliphatic heterocycles. The lowest BCUT2D eigenvalue weighted by atomic mass is 9.81. The molecule has 7 aromatic rings. The summed E-state index contributed by atoms with van der Waals surface area (Å²) in [7, 11) is 0. The molecule has 5 heterocycles. The van der Waals surface area contributed by atoms with Gasteiger partial charge in [-0.2, -0.15) is 0 Å². The van der Waals surface area contributed by atoms with Crippen LogP contribution in [0.3, 0.4) is 0 Å². The number of hydrogen-bond donors (Lipinski definition) is 2. The van der Waals surface area contributed by atoms with Gasteiger partial charge in [-0.25, -0.2) is 4.98 Å². The number of nitrogens with one attached hydrogen (secondary N) is 2. The van der Waals surface area contributed by atoms with Gasteiger partial charge in [-0.05, 0) is 83.3 Å². The average Bonchev–Trinajstić information content (AvgIpc) is 4.06. The second kappa shape index (κ2) is 15.1. The van der Waals surface area contributed by atoms with Gasteiger partial charge in [-0.15, -0.1) is 0 Å². The van der Waals surface area contributed by atoms with Crippen LogP contribution in [0.25, 0.3) is 78.7 Å². The zero-order valence-corrected chi connectivity index (χ0v) is 32.7. The number of aromatic nitrogens is 4. The second-order valence-corrected chi connectivity index (χ2v) is 14.9. The van der Waals surface area contributed by atoms with E-state index >= 15 is 0 Å². The van der Waals surface area contributed by atoms with Crippen molar-refractivity contribution >= 4 is 34.2 Å². The standard InChI is InChI=1S/C52H48N4/c1-5-37-39(7-3)51-48(36-27-19-12-20-28-36)52-40(8-4)38(6-2)50(56-52)47(35-25-17-11-18-26-35)44-32-30-42(54-44)45(33-21-13-9-14-22-33)41-29-31-43(53-41)46(49(37)55-51)34-23-15-10-16-24-34/h9-32,37,39,53,56H,5-8H2,1-4H3/t37-,39+/m0/s1. The van der Waals surface area contributed by atoms with Crippen molar-refractivity contribution < 1.29 is 0 Å². The predicted molar refractivity (Wildman–Crippen MR) is 236 cm³/mol. The van der Waals surface area contributed by atoms with Gasteiger partial charge in [-0.1, -0.05) is 149 Å². The fourth-order valence-corrected chi connectivity index (χ4v) is 9.37. The molecule has 0 spiro atoms. The Morgan fingerprint density at radius 3 is 1.29 bits per heavy atom. The number of nitrogens with zero attached hydrogens (tertiary/aromatic N) is 2. The van der Waals surface area contributed by atoms with Gasteiger partial charge >= 0.3 is 0 Å². The quantitative estimate of drug-likeness (QED) is 0.164. The molecule has 2 N–H and O–H groups in total. The zero-order chi connectivity index (χ0) is 38.2. The SMILES string of the molecule is CCc1c(CC)c2[nH]c1c(-c1ccccc1)c1nc(c(-c3ccccc3)c3ccc([nH]3)c(-c3ccccc3)c3nc(c2-c2ccccc2)[C@H](CC)[C@@H]3CC)C=C1. The van der Waals surface area contributed by atoms with Crippen LogP contribution in [0.2, 0.25) is 0 Å². The molecule has 56 heavy (non-hydrogen) atoms. The zero-order valence-electron chi connectivity index (χ0n) is 32.7. The van der Waals surface area contributed by atoms with Gasteiger partial charge in [0.2, 0.25) is 0 Å². The fraction of sp³-hybridized carbons (Fsp3) is 0.192. The van der Waals surface area contributed by atoms with E-state index in [1.54, 1.807) is 0 Å². The van der Waals surface area contributed by atoms with Crippen molar-refractivity contribution in [2.45, 2.75) is 65.2 Å². The number of benzene rings is 4. The number of hydrogen-bond acceptors (Lipinski definition) is 2. The van der Waals surface area contributed by atoms with Gasteiger partial charge < -0.3 is 9.97 Å². The van der Waals surface area contributed by atoms with Crippen molar-refractivity contribution in [1.29, 1.82) is 0 Å². The lowest BCUT2D eigenvalue weighted by Gasteiger charge is -2.20. The first-order valence-electron chi connectivity index (χ1n) is 20.4. The summed E-state index contributed by atoms with van der Waals surface area (Å²) in [6.07, 6.45) is 8.15. The number of aromatic amines is 2. The number of H-pyrrole nitrogens is 2. The van der Waals surface area contributed by atoms with Crippen LogP contribution in [0.1, 0.15) is 86.3 Å². The molecule has 4 nitrogen and oxygen atoms in total. The number of fused-ring (bicyclic) bond motifs is 8. The molecule has 276 valence electrons. The van der Waals surface area contributed by atoms with Gasteiger partial charge in [0.25, 0.3) is 0 Å². The smallest absolute Gasteiger partial charge is 0.0737 e. The lowest BCUT2D eigenvalue weighted by molar-refractivity contribution is 0.534. The highest BCUT2D eigenvalue weighted by atomic mass is 14.8. The van der Waals surface area contributed by atoms with Crippen LogP contribution < -0.4 is 0 Å². The molecule has 3 aromatic heterocycles. The topological polar surface area (TPSA) is 57.4 Å². The summed E-state index contributed by atoms with van der Waals surface area (Å²) < 4.78 is 0. The molecule has 0 saturated carbocycles. The van der Waals surface area contributed by atoms with Crippen LogP contribution in [0.4, 0.5) is 0 Å². The summed E-state index contributed by atoms with van der Waals surface area (Å²) in [6, 6.07) is 47.8. The minimum atomic E-state index is 0.235. The molecule has 2 atom stereocenters. The third kappa shape index (κ3) is 6.01. The molecule has 4 aromatic carbocycles. The van der Waals surface area contributed by atoms with Crippen molar-refractivity contribution in [3.8, 4) is 44.5 Å². The van der Waals surface area contributed by atoms with Crippen molar-refractivity contribution in [2.75, 3.05) is 0 Å². The summed E-state index contributed by atoms with van der Waals surface area (Å²) in [5.74, 6) is 0.470. The van der Waals surface area contributed by atoms with Crippen molar-refractivity contribution in [3.05, 3.63) is 167 Å². The average molecular weight is 729 g/mol. The Kier molecular flexibility index (Phi) is 9.56. The van der Waals surface area contributed by atoms with Gasteiger partial charge in [0.15, 0.2) is 0 Å². The molecule has 9 rings (SSSR count). The number of aryl methyl sites for hydroxylation is 2. The maximum absolute atomic E-state index is 5.89. The van der Waals surface area contributed by atoms with E-state index in [0.717, 1.165) is 87.1 Å². The van der Waals surface area contributed by atoms with E-state index in [1.807, 2.05) is 0 Å². The third-order valence-electron chi connectivity index (χ3n) is 11.9. The van der Waals surface area contributed by atoms with Gasteiger partial charge in [0, 0.05) is 45.1 Å². The van der Waals surface area contributed by atoms with Crippen LogP contribution in [0.15, 0.2) is 133 Å². The van der Waals surface area contributed by atoms with E-state index in [0.29, 0.717) is 0 Å². The minimum Gasteiger partial charge on any atom is -0.354 e. The molecule has 0 amide bonds. The Hall–Kier alpha value is -6.26. The van der Waals surface area contributed by atoms with Crippen molar-refractivity contribution in [2.24, 2.45) is 0 Å². The van der Waals surface area contributed by atoms with Crippen molar-refractivity contribution in [3.63, 3.8) is 0 Å². The predicted octanol–water partition coefficient (Wildman–Crippen LogP) is 14.0. The summed E-state index contributed by atoms with van der Waals surface area (Å²) >= 11 is 0. The number of rotatable bonds is 8. The third-order valence-corrected chi connectivity index (χ3v) is 11.9. The fourth-order valence-electron chi connectivity index (χ4n) is 9.37. The first kappa shape index (κ1) is 35.4. The van der Waals surface area contributed by atoms with Crippen LogP contribution in [0, 0.1) is 0 Å². The maximum Gasteiger partial charge on any atom is 0.0737 e. The molecule has 0 fully saturated rings. The Morgan fingerprint density at radius 1 is 0.411 bits per heavy atom. The summed E-state index contributed by atoms with van der Waals surface area (Å²) in [5.41, 5.74) is 20.5. The Bertz CT molecular complexity index is 2720. The molecule has 0 saturated heterocycles. The second-order valence-electron chi connectivity index (χ2n) is 14.9. The highest BCUT2D eigenvalue weighted by Crippen LogP contribution is 2.49. The highest BCUT2D eigenvalue weighted by Gasteiger charge is 2.35. The van der Waals surface area contributed by atoms with E-state index in [4.69, 9.17) is 9.97 Å². The minimum absolute atomic E-state index is 0.235. The van der Waals surface area contributed by atoms with E-state index in [1.165, 1.54) is 39.0 Å². The molecule has 0 radical (unpaired) electrons. The Labute approximate surface area is 330 Å². The molecular weight excluding hydrogens is 681 g/mol. The molecular formula is C52H48N4. The van der Waals surface area contributed by atoms with Crippen LogP contribution in [-0.4, -0.2) is 19.9 Å². The van der Waals surface area contributed by atoms with Crippen LogP contribution >= 0.6 is 0 Å². The Balaban J connectivity index is 1.58. The molecule has 8 bridgehead atoms. The van der Waals surface area contributed by atoms with Crippen LogP contribution in [0.5, 0.6) is 0 Å². The summed E-state index contributed by atoms with van der Waals surface area (Å²) in [4.78, 5) is 19.5. The maximum atomic E-state index is 5.89. The van der Waals surface area contributed by atoms with Crippen LogP contribution in [-0.2, 0) is 12.8 Å². The first-order valence-corrected chi connectivity index (χ1v) is 20.4. The summed E-state index contributed by atoms with van der Waals surface area (Å²) in [6.45, 7) is 9.26. The summed E-state index contributed by atoms with van der Waals surface area (Å²) in [5, 5.41) is 0. The normalized spacial score (nSPS) is 15.0. The highest BCUT2D eigenvalue weighted by molar-refractivity contribution is 5.99. The largest absolute Gasteiger partial charge is 0.354 e. The molecule has 0 aliphatic carbocycles. The van der Waals surface area contributed by atoms with Gasteiger partial charge in [0.1, 0.15) is 0 Å². The van der Waals surface area contributed by atoms with Crippen molar-refractivity contribution in [1.82, 2.24) is 19.9 Å². The van der Waals surface area contributed by atoms with Gasteiger partial charge in [0.05, 0.1) is 33.8 Å². The monoisotopic (exact) mass is 728 g/mol. The lowest BCUT2D eigenvalue weighted by Crippen LogP contribution is -2.06. The van der Waals surface area contributed by atoms with E-state index in [2.05, 4.69) is 183 Å².